The number of hydrogen-bond donors (Lipinski definition) is 0. The summed E-state index contributed by atoms with van der Waals surface area (Å²) in [6.07, 6.45) is 3.26. The fraction of sp³-hybridized carbons (Fsp3) is 0.471. The van der Waals surface area contributed by atoms with Gasteiger partial charge in [0.15, 0.2) is 5.69 Å². The van der Waals surface area contributed by atoms with Gasteiger partial charge >= 0.3 is 0 Å². The van der Waals surface area contributed by atoms with Crippen LogP contribution < -0.4 is 4.90 Å². The third-order valence-electron chi connectivity index (χ3n) is 4.45. The first-order chi connectivity index (χ1) is 10.7. The smallest absolute Gasteiger partial charge is 0.186 e. The van der Waals surface area contributed by atoms with Gasteiger partial charge in [0.05, 0.1) is 11.4 Å². The van der Waals surface area contributed by atoms with Crippen molar-refractivity contribution < 1.29 is 0 Å². The fourth-order valence-electron chi connectivity index (χ4n) is 2.98. The van der Waals surface area contributed by atoms with Crippen molar-refractivity contribution in [3.05, 3.63) is 35.7 Å². The molecule has 5 heteroatoms. The topological polar surface area (TPSA) is 57.7 Å². The van der Waals surface area contributed by atoms with Crippen LogP contribution in [-0.2, 0) is 6.42 Å². The Hall–Kier alpha value is -2.35. The molecular formula is C17H21N5. The Morgan fingerprint density at radius 3 is 2.41 bits per heavy atom. The van der Waals surface area contributed by atoms with Gasteiger partial charge in [-0.3, -0.25) is 0 Å². The second-order valence-corrected chi connectivity index (χ2v) is 5.95. The number of nitrogens with zero attached hydrogens (tertiary/aromatic N) is 5. The Balaban J connectivity index is 1.83. The van der Waals surface area contributed by atoms with Crippen LogP contribution in [0.3, 0.4) is 0 Å². The van der Waals surface area contributed by atoms with Crippen LogP contribution in [0.5, 0.6) is 0 Å². The van der Waals surface area contributed by atoms with Crippen LogP contribution in [0.2, 0.25) is 0 Å². The van der Waals surface area contributed by atoms with Crippen LogP contribution in [-0.4, -0.2) is 28.1 Å². The third-order valence-corrected chi connectivity index (χ3v) is 4.45. The summed E-state index contributed by atoms with van der Waals surface area (Å²) in [5.41, 5.74) is 3.49. The van der Waals surface area contributed by atoms with E-state index in [4.69, 9.17) is 5.26 Å². The number of piperidine rings is 1. The standard InChI is InChI=1S/C17H21N5/c1-3-17-16(12-18)19-20-22(17)15-6-4-14(5-7-15)21-10-8-13(2)9-11-21/h4-7,13H,3,8-11H2,1-2H3. The summed E-state index contributed by atoms with van der Waals surface area (Å²) in [6, 6.07) is 10.5. The van der Waals surface area contributed by atoms with E-state index < -0.39 is 0 Å². The zero-order chi connectivity index (χ0) is 15.5. The molecular weight excluding hydrogens is 274 g/mol. The number of anilines is 1. The molecule has 0 unspecified atom stereocenters. The molecule has 0 N–H and O–H groups in total. The molecule has 0 bridgehead atoms. The second kappa shape index (κ2) is 6.18. The zero-order valence-corrected chi connectivity index (χ0v) is 13.2. The molecule has 0 radical (unpaired) electrons. The van der Waals surface area contributed by atoms with Crippen LogP contribution in [0, 0.1) is 17.2 Å². The molecule has 0 atom stereocenters. The minimum atomic E-state index is 0.414. The van der Waals surface area contributed by atoms with Gasteiger partial charge in [-0.15, -0.1) is 5.10 Å². The number of hydrogen-bond acceptors (Lipinski definition) is 4. The Kier molecular flexibility index (Phi) is 4.10. The summed E-state index contributed by atoms with van der Waals surface area (Å²) < 4.78 is 1.76. The maximum Gasteiger partial charge on any atom is 0.186 e. The average Bonchev–Trinajstić information content (AvgIpc) is 2.98. The molecule has 22 heavy (non-hydrogen) atoms. The van der Waals surface area contributed by atoms with Crippen LogP contribution in [0.25, 0.3) is 5.69 Å². The van der Waals surface area contributed by atoms with E-state index in [0.29, 0.717) is 5.69 Å². The lowest BCUT2D eigenvalue weighted by Crippen LogP contribution is -2.32. The van der Waals surface area contributed by atoms with E-state index in [1.165, 1.54) is 18.5 Å². The Morgan fingerprint density at radius 2 is 1.82 bits per heavy atom. The molecule has 3 rings (SSSR count). The fourth-order valence-corrected chi connectivity index (χ4v) is 2.98. The summed E-state index contributed by atoms with van der Waals surface area (Å²) in [4.78, 5) is 2.44. The Labute approximate surface area is 131 Å². The van der Waals surface area contributed by atoms with Gasteiger partial charge in [-0.05, 0) is 49.4 Å². The number of rotatable bonds is 3. The van der Waals surface area contributed by atoms with Crippen molar-refractivity contribution in [1.29, 1.82) is 5.26 Å². The first-order valence-corrected chi connectivity index (χ1v) is 7.93. The molecule has 1 saturated heterocycles. The van der Waals surface area contributed by atoms with E-state index in [2.05, 4.69) is 52.5 Å². The molecule has 1 aromatic carbocycles. The first kappa shape index (κ1) is 14.6. The second-order valence-electron chi connectivity index (χ2n) is 5.95. The molecule has 2 aromatic rings. The molecule has 1 aliphatic rings. The van der Waals surface area contributed by atoms with Gasteiger partial charge in [0.2, 0.25) is 0 Å². The highest BCUT2D eigenvalue weighted by molar-refractivity contribution is 5.51. The lowest BCUT2D eigenvalue weighted by Gasteiger charge is -2.32. The predicted molar refractivity (Wildman–Crippen MR) is 86.1 cm³/mol. The molecule has 0 aliphatic carbocycles. The van der Waals surface area contributed by atoms with Crippen molar-refractivity contribution in [2.45, 2.75) is 33.1 Å². The Morgan fingerprint density at radius 1 is 1.18 bits per heavy atom. The highest BCUT2D eigenvalue weighted by atomic mass is 15.4. The van der Waals surface area contributed by atoms with E-state index in [9.17, 15) is 0 Å². The molecule has 5 nitrogen and oxygen atoms in total. The summed E-state index contributed by atoms with van der Waals surface area (Å²) in [6.45, 7) is 6.59. The van der Waals surface area contributed by atoms with E-state index >= 15 is 0 Å². The van der Waals surface area contributed by atoms with Gasteiger partial charge in [-0.1, -0.05) is 19.1 Å². The molecule has 0 spiro atoms. The summed E-state index contributed by atoms with van der Waals surface area (Å²) >= 11 is 0. The molecule has 2 heterocycles. The summed E-state index contributed by atoms with van der Waals surface area (Å²) in [7, 11) is 0. The monoisotopic (exact) mass is 295 g/mol. The van der Waals surface area contributed by atoms with E-state index in [0.717, 1.165) is 36.8 Å². The van der Waals surface area contributed by atoms with Crippen molar-refractivity contribution in [3.63, 3.8) is 0 Å². The van der Waals surface area contributed by atoms with Crippen LogP contribution in [0.4, 0.5) is 5.69 Å². The van der Waals surface area contributed by atoms with Crippen LogP contribution >= 0.6 is 0 Å². The maximum absolute atomic E-state index is 9.07. The van der Waals surface area contributed by atoms with Crippen LogP contribution in [0.1, 0.15) is 38.1 Å². The quantitative estimate of drug-likeness (QED) is 0.873. The summed E-state index contributed by atoms with van der Waals surface area (Å²) in [5, 5.41) is 17.1. The van der Waals surface area contributed by atoms with Crippen LogP contribution in [0.15, 0.2) is 24.3 Å². The number of nitriles is 1. The molecule has 1 fully saturated rings. The molecule has 114 valence electrons. The number of benzene rings is 1. The number of aromatic nitrogens is 3. The van der Waals surface area contributed by atoms with Crippen molar-refractivity contribution >= 4 is 5.69 Å². The normalized spacial score (nSPS) is 15.8. The molecule has 1 aliphatic heterocycles. The molecule has 1 aromatic heterocycles. The lowest BCUT2D eigenvalue weighted by atomic mass is 9.99. The van der Waals surface area contributed by atoms with Gasteiger partial charge in [-0.25, -0.2) is 4.68 Å². The van der Waals surface area contributed by atoms with E-state index in [-0.39, 0.29) is 0 Å². The van der Waals surface area contributed by atoms with Gasteiger partial charge in [-0.2, -0.15) is 5.26 Å². The lowest BCUT2D eigenvalue weighted by molar-refractivity contribution is 0.438. The van der Waals surface area contributed by atoms with Gasteiger partial charge in [0, 0.05) is 18.8 Å². The minimum Gasteiger partial charge on any atom is -0.372 e. The largest absolute Gasteiger partial charge is 0.372 e. The predicted octanol–water partition coefficient (Wildman–Crippen LogP) is 2.94. The highest BCUT2D eigenvalue weighted by Gasteiger charge is 2.16. The van der Waals surface area contributed by atoms with E-state index in [1.807, 2.05) is 6.92 Å². The Bertz CT molecular complexity index is 672. The van der Waals surface area contributed by atoms with Gasteiger partial charge < -0.3 is 4.90 Å². The van der Waals surface area contributed by atoms with Gasteiger partial charge in [0.25, 0.3) is 0 Å². The zero-order valence-electron chi connectivity index (χ0n) is 13.2. The van der Waals surface area contributed by atoms with Crippen molar-refractivity contribution in [2.75, 3.05) is 18.0 Å². The molecule has 0 amide bonds. The van der Waals surface area contributed by atoms with Crippen molar-refractivity contribution in [2.24, 2.45) is 5.92 Å². The van der Waals surface area contributed by atoms with Crippen molar-refractivity contribution in [3.8, 4) is 11.8 Å². The van der Waals surface area contributed by atoms with Crippen molar-refractivity contribution in [1.82, 2.24) is 15.0 Å². The minimum absolute atomic E-state index is 0.414. The highest BCUT2D eigenvalue weighted by Crippen LogP contribution is 2.24. The maximum atomic E-state index is 9.07. The average molecular weight is 295 g/mol. The first-order valence-electron chi connectivity index (χ1n) is 7.93. The summed E-state index contributed by atoms with van der Waals surface area (Å²) in [5.74, 6) is 0.835. The van der Waals surface area contributed by atoms with E-state index in [1.54, 1.807) is 4.68 Å². The molecule has 0 saturated carbocycles. The third kappa shape index (κ3) is 2.69. The SMILES string of the molecule is CCc1c(C#N)nnn1-c1ccc(N2CCC(C)CC2)cc1. The van der Waals surface area contributed by atoms with Gasteiger partial charge in [0.1, 0.15) is 6.07 Å².